The molecule has 0 radical (unpaired) electrons. The zero-order chi connectivity index (χ0) is 13.2. The second kappa shape index (κ2) is 4.96. The van der Waals surface area contributed by atoms with E-state index in [2.05, 4.69) is 18.2 Å². The zero-order valence-corrected chi connectivity index (χ0v) is 11.2. The maximum atomic E-state index is 6.15. The Morgan fingerprint density at radius 3 is 2.47 bits per heavy atom. The summed E-state index contributed by atoms with van der Waals surface area (Å²) in [4.78, 5) is 0. The second-order valence-corrected chi connectivity index (χ2v) is 5.35. The lowest BCUT2D eigenvalue weighted by Gasteiger charge is -2.14. The number of aryl methyl sites for hydroxylation is 1. The largest absolute Gasteiger partial charge is 0.399 e. The van der Waals surface area contributed by atoms with Crippen molar-refractivity contribution in [2.45, 2.75) is 32.1 Å². The quantitative estimate of drug-likeness (QED) is 0.599. The van der Waals surface area contributed by atoms with Crippen molar-refractivity contribution in [3.05, 3.63) is 47.5 Å². The van der Waals surface area contributed by atoms with Crippen LogP contribution in [0.1, 0.15) is 30.4 Å². The molecule has 1 aliphatic carbocycles. The first kappa shape index (κ1) is 12.1. The second-order valence-electron chi connectivity index (χ2n) is 5.35. The molecule has 0 saturated heterocycles. The average Bonchev–Trinajstić information content (AvgIpc) is 2.64. The first-order chi connectivity index (χ1) is 9.25. The van der Waals surface area contributed by atoms with Crippen LogP contribution in [0, 0.1) is 0 Å². The molecule has 4 N–H and O–H groups in total. The van der Waals surface area contributed by atoms with Crippen LogP contribution in [-0.2, 0) is 12.8 Å². The molecular formula is C17H20N2. The minimum atomic E-state index is 0.725. The molecule has 0 bridgehead atoms. The van der Waals surface area contributed by atoms with Gasteiger partial charge in [0.2, 0.25) is 0 Å². The Labute approximate surface area is 114 Å². The predicted molar refractivity (Wildman–Crippen MR) is 82.0 cm³/mol. The van der Waals surface area contributed by atoms with Gasteiger partial charge >= 0.3 is 0 Å². The summed E-state index contributed by atoms with van der Waals surface area (Å²) < 4.78 is 0. The Hall–Kier alpha value is -1.96. The molecule has 0 atom stereocenters. The van der Waals surface area contributed by atoms with Gasteiger partial charge in [-0.05, 0) is 54.5 Å². The highest BCUT2D eigenvalue weighted by molar-refractivity contribution is 5.81. The highest BCUT2D eigenvalue weighted by Gasteiger charge is 2.14. The molecule has 1 aliphatic rings. The van der Waals surface area contributed by atoms with E-state index in [4.69, 9.17) is 11.5 Å². The van der Waals surface area contributed by atoms with E-state index in [1.54, 1.807) is 0 Å². The molecule has 0 aromatic heterocycles. The third-order valence-electron chi connectivity index (χ3n) is 4.01. The molecule has 98 valence electrons. The van der Waals surface area contributed by atoms with Crippen molar-refractivity contribution in [2.75, 3.05) is 11.5 Å². The van der Waals surface area contributed by atoms with Crippen LogP contribution >= 0.6 is 0 Å². The Morgan fingerprint density at radius 1 is 0.789 bits per heavy atom. The Balaban J connectivity index is 2.14. The monoisotopic (exact) mass is 252 g/mol. The van der Waals surface area contributed by atoms with Crippen molar-refractivity contribution < 1.29 is 0 Å². The summed E-state index contributed by atoms with van der Waals surface area (Å²) in [5, 5.41) is 0. The van der Waals surface area contributed by atoms with E-state index in [-0.39, 0.29) is 0 Å². The number of nitrogens with two attached hydrogens (primary N) is 2. The number of hydrogen-bond acceptors (Lipinski definition) is 2. The van der Waals surface area contributed by atoms with Gasteiger partial charge in [0.05, 0.1) is 0 Å². The molecular weight excluding hydrogens is 232 g/mol. The number of hydrogen-bond donors (Lipinski definition) is 2. The summed E-state index contributed by atoms with van der Waals surface area (Å²) in [5.41, 5.74) is 18.8. The highest BCUT2D eigenvalue weighted by Crippen LogP contribution is 2.34. The fraction of sp³-hybridized carbons (Fsp3) is 0.294. The van der Waals surface area contributed by atoms with Crippen LogP contribution in [0.5, 0.6) is 0 Å². The summed E-state index contributed by atoms with van der Waals surface area (Å²) in [6.07, 6.45) is 6.26. The third-order valence-corrected chi connectivity index (χ3v) is 4.01. The minimum absolute atomic E-state index is 0.725. The first-order valence-corrected chi connectivity index (χ1v) is 7.02. The van der Waals surface area contributed by atoms with E-state index in [1.165, 1.54) is 42.4 Å². The van der Waals surface area contributed by atoms with Crippen molar-refractivity contribution in [3.63, 3.8) is 0 Å². The number of benzene rings is 2. The molecule has 2 aromatic carbocycles. The van der Waals surface area contributed by atoms with E-state index in [9.17, 15) is 0 Å². The summed E-state index contributed by atoms with van der Waals surface area (Å²) in [5.74, 6) is 0. The fourth-order valence-electron chi connectivity index (χ4n) is 3.04. The molecule has 2 heteroatoms. The summed E-state index contributed by atoms with van der Waals surface area (Å²) in [6, 6.07) is 12.4. The standard InChI is InChI=1S/C17H20N2/c18-13-9-10-16(17(19)11-13)15-8-4-6-12-5-2-1-3-7-14(12)15/h4,6,8-11H,1-3,5,7,18-19H2. The molecule has 0 unspecified atom stereocenters. The zero-order valence-electron chi connectivity index (χ0n) is 11.2. The normalized spacial score (nSPS) is 14.7. The van der Waals surface area contributed by atoms with E-state index >= 15 is 0 Å². The first-order valence-electron chi connectivity index (χ1n) is 7.02. The summed E-state index contributed by atoms with van der Waals surface area (Å²) in [6.45, 7) is 0. The van der Waals surface area contributed by atoms with Crippen molar-refractivity contribution in [2.24, 2.45) is 0 Å². The molecule has 19 heavy (non-hydrogen) atoms. The summed E-state index contributed by atoms with van der Waals surface area (Å²) >= 11 is 0. The fourth-order valence-corrected chi connectivity index (χ4v) is 3.04. The van der Waals surface area contributed by atoms with E-state index in [1.807, 2.05) is 18.2 Å². The van der Waals surface area contributed by atoms with Crippen LogP contribution in [0.3, 0.4) is 0 Å². The highest BCUT2D eigenvalue weighted by atomic mass is 14.6. The van der Waals surface area contributed by atoms with Crippen LogP contribution in [0.15, 0.2) is 36.4 Å². The lowest BCUT2D eigenvalue weighted by molar-refractivity contribution is 0.712. The molecule has 0 saturated carbocycles. The van der Waals surface area contributed by atoms with Gasteiger partial charge in [-0.15, -0.1) is 0 Å². The van der Waals surface area contributed by atoms with Gasteiger partial charge in [0.1, 0.15) is 0 Å². The van der Waals surface area contributed by atoms with Gasteiger partial charge in [-0.25, -0.2) is 0 Å². The SMILES string of the molecule is Nc1ccc(-c2cccc3c2CCCCC3)c(N)c1. The van der Waals surface area contributed by atoms with Crippen LogP contribution < -0.4 is 11.5 Å². The van der Waals surface area contributed by atoms with E-state index in [0.29, 0.717) is 0 Å². The topological polar surface area (TPSA) is 52.0 Å². The molecule has 2 nitrogen and oxygen atoms in total. The van der Waals surface area contributed by atoms with Crippen molar-refractivity contribution in [1.29, 1.82) is 0 Å². The lowest BCUT2D eigenvalue weighted by Crippen LogP contribution is -1.98. The van der Waals surface area contributed by atoms with Crippen LogP contribution in [0.4, 0.5) is 11.4 Å². The molecule has 0 fully saturated rings. The van der Waals surface area contributed by atoms with Gasteiger partial charge < -0.3 is 11.5 Å². The van der Waals surface area contributed by atoms with Gasteiger partial charge in [-0.2, -0.15) is 0 Å². The Kier molecular flexibility index (Phi) is 3.16. The number of rotatable bonds is 1. The molecule has 0 spiro atoms. The lowest BCUT2D eigenvalue weighted by atomic mass is 9.92. The molecule has 2 aromatic rings. The number of nitrogen functional groups attached to an aromatic ring is 2. The van der Waals surface area contributed by atoms with Gasteiger partial charge in [0.25, 0.3) is 0 Å². The molecule has 0 heterocycles. The van der Waals surface area contributed by atoms with Gasteiger partial charge in [-0.1, -0.05) is 30.7 Å². The van der Waals surface area contributed by atoms with E-state index in [0.717, 1.165) is 23.4 Å². The van der Waals surface area contributed by atoms with E-state index < -0.39 is 0 Å². The maximum absolute atomic E-state index is 6.15. The van der Waals surface area contributed by atoms with Crippen LogP contribution in [-0.4, -0.2) is 0 Å². The van der Waals surface area contributed by atoms with Crippen molar-refractivity contribution in [1.82, 2.24) is 0 Å². The maximum Gasteiger partial charge on any atom is 0.0414 e. The molecule has 3 rings (SSSR count). The molecule has 0 aliphatic heterocycles. The average molecular weight is 252 g/mol. The van der Waals surface area contributed by atoms with Gasteiger partial charge in [0.15, 0.2) is 0 Å². The Morgan fingerprint density at radius 2 is 1.63 bits per heavy atom. The van der Waals surface area contributed by atoms with Crippen molar-refractivity contribution >= 4 is 11.4 Å². The Bertz CT molecular complexity index is 602. The van der Waals surface area contributed by atoms with Crippen LogP contribution in [0.25, 0.3) is 11.1 Å². The summed E-state index contributed by atoms with van der Waals surface area (Å²) in [7, 11) is 0. The van der Waals surface area contributed by atoms with Gasteiger partial charge in [0, 0.05) is 16.9 Å². The van der Waals surface area contributed by atoms with Gasteiger partial charge in [-0.3, -0.25) is 0 Å². The minimum Gasteiger partial charge on any atom is -0.399 e. The smallest absolute Gasteiger partial charge is 0.0414 e. The number of anilines is 2. The third kappa shape index (κ3) is 2.30. The van der Waals surface area contributed by atoms with Crippen molar-refractivity contribution in [3.8, 4) is 11.1 Å². The molecule has 0 amide bonds. The van der Waals surface area contributed by atoms with Crippen LogP contribution in [0.2, 0.25) is 0 Å². The number of fused-ring (bicyclic) bond motifs is 1. The predicted octanol–water partition coefficient (Wildman–Crippen LogP) is 3.79.